The molecule has 30 heavy (non-hydrogen) atoms. The molecule has 4 N–H and O–H groups in total. The summed E-state index contributed by atoms with van der Waals surface area (Å²) in [5, 5.41) is 0. The Hall–Kier alpha value is -1.60. The molecule has 0 aliphatic carbocycles. The van der Waals surface area contributed by atoms with Gasteiger partial charge >= 0.3 is 184 Å². The molecule has 0 unspecified atom stereocenters. The van der Waals surface area contributed by atoms with Crippen molar-refractivity contribution in [3.8, 4) is 0 Å². The topological polar surface area (TPSA) is 63.0 Å². The van der Waals surface area contributed by atoms with E-state index in [9.17, 15) is 0 Å². The van der Waals surface area contributed by atoms with Crippen molar-refractivity contribution in [1.82, 2.24) is 0 Å². The summed E-state index contributed by atoms with van der Waals surface area (Å²) in [6, 6.07) is 45.3. The van der Waals surface area contributed by atoms with Crippen molar-refractivity contribution in [3.63, 3.8) is 0 Å². The normalized spacial score (nSPS) is 10.3. The summed E-state index contributed by atoms with van der Waals surface area (Å²) in [7, 11) is 0. The second-order valence-electron chi connectivity index (χ2n) is 6.92. The average molecular weight is 610 g/mol. The van der Waals surface area contributed by atoms with Crippen LogP contribution in [0.15, 0.2) is 121 Å². The van der Waals surface area contributed by atoms with Crippen LogP contribution < -0.4 is 14.3 Å². The van der Waals surface area contributed by atoms with Crippen molar-refractivity contribution < 1.29 is 11.0 Å². The number of hydrogen-bond donors (Lipinski definition) is 0. The van der Waals surface area contributed by atoms with Gasteiger partial charge in [-0.25, -0.2) is 0 Å². The third-order valence-corrected chi connectivity index (χ3v) is 25.2. The maximum atomic E-state index is 2.37. The van der Waals surface area contributed by atoms with Crippen LogP contribution in [0.5, 0.6) is 0 Å². The molecule has 0 spiro atoms. The number of rotatable bonds is 7. The molecule has 4 aromatic carbocycles. The van der Waals surface area contributed by atoms with Crippen LogP contribution in [0.3, 0.4) is 0 Å². The number of hydrogen-bond acceptors (Lipinski definition) is 0. The minimum atomic E-state index is -1.90. The van der Waals surface area contributed by atoms with Crippen LogP contribution in [-0.4, -0.2) is 50.5 Å². The summed E-state index contributed by atoms with van der Waals surface area (Å²) in [5.74, 6) is 0. The van der Waals surface area contributed by atoms with Crippen LogP contribution in [0.2, 0.25) is 8.87 Å². The molecule has 0 amide bonds. The molecule has 4 aromatic rings. The van der Waals surface area contributed by atoms with Crippen molar-refractivity contribution in [2.45, 2.75) is 8.87 Å². The molecule has 0 aliphatic heterocycles. The Bertz CT molecular complexity index is 803. The summed E-state index contributed by atoms with van der Waals surface area (Å²) < 4.78 is 9.30. The van der Waals surface area contributed by atoms with Gasteiger partial charge in [0.2, 0.25) is 0 Å². The molecule has 0 aliphatic rings. The third-order valence-electron chi connectivity index (χ3n) is 5.11. The second kappa shape index (κ2) is 12.9. The summed E-state index contributed by atoms with van der Waals surface area (Å²) in [4.78, 5) is 0. The molecule has 152 valence electrons. The molecule has 0 saturated carbocycles. The van der Waals surface area contributed by atoms with Gasteiger partial charge in [-0.3, -0.25) is 0 Å². The molecular weight excluding hydrogens is 582 g/mol. The Labute approximate surface area is 193 Å². The van der Waals surface area contributed by atoms with E-state index in [0.717, 1.165) is 0 Å². The quantitative estimate of drug-likeness (QED) is 0.288. The van der Waals surface area contributed by atoms with Gasteiger partial charge in [0.1, 0.15) is 0 Å². The molecular formula is C26H28O2Sn2. The Kier molecular flexibility index (Phi) is 10.6. The van der Waals surface area contributed by atoms with E-state index in [1.54, 1.807) is 14.3 Å². The van der Waals surface area contributed by atoms with E-state index >= 15 is 0 Å². The molecule has 0 saturated heterocycles. The first-order valence-electron chi connectivity index (χ1n) is 9.85. The van der Waals surface area contributed by atoms with Crippen LogP contribution in [-0.2, 0) is 0 Å². The Morgan fingerprint density at radius 2 is 0.533 bits per heavy atom. The standard InChI is InChI=1S/4C6H5.C2H4.2H2O.2Sn/c4*1-2-4-6-5-3-1;1-2;;;;/h4*1-5H;1-2H2;2*1H2;;. The van der Waals surface area contributed by atoms with Gasteiger partial charge in [0, 0.05) is 0 Å². The molecule has 2 radical (unpaired) electrons. The summed E-state index contributed by atoms with van der Waals surface area (Å²) >= 11 is -3.80. The van der Waals surface area contributed by atoms with Crippen molar-refractivity contribution in [2.24, 2.45) is 0 Å². The maximum absolute atomic E-state index is 2.37. The summed E-state index contributed by atoms with van der Waals surface area (Å²) in [6.45, 7) is 0. The zero-order valence-corrected chi connectivity index (χ0v) is 22.7. The number of benzene rings is 4. The molecule has 0 heterocycles. The van der Waals surface area contributed by atoms with Crippen LogP contribution in [0.1, 0.15) is 0 Å². The molecule has 0 atom stereocenters. The predicted octanol–water partition coefficient (Wildman–Crippen LogP) is 1.96. The van der Waals surface area contributed by atoms with Gasteiger partial charge in [-0.05, 0) is 0 Å². The van der Waals surface area contributed by atoms with Crippen LogP contribution >= 0.6 is 0 Å². The fraction of sp³-hybridized carbons (Fsp3) is 0.0769. The van der Waals surface area contributed by atoms with Gasteiger partial charge in [0.05, 0.1) is 0 Å². The van der Waals surface area contributed by atoms with Gasteiger partial charge in [0.25, 0.3) is 0 Å². The van der Waals surface area contributed by atoms with Crippen molar-refractivity contribution >= 4 is 53.8 Å². The van der Waals surface area contributed by atoms with Crippen LogP contribution in [0.25, 0.3) is 0 Å². The van der Waals surface area contributed by atoms with E-state index < -0.39 is 39.5 Å². The molecule has 2 nitrogen and oxygen atoms in total. The van der Waals surface area contributed by atoms with Crippen molar-refractivity contribution in [3.05, 3.63) is 121 Å². The molecule has 0 bridgehead atoms. The average Bonchev–Trinajstić information content (AvgIpc) is 2.79. The zero-order valence-electron chi connectivity index (χ0n) is 17.0. The Morgan fingerprint density at radius 3 is 0.733 bits per heavy atom. The summed E-state index contributed by atoms with van der Waals surface area (Å²) in [6.07, 6.45) is 0. The van der Waals surface area contributed by atoms with Gasteiger partial charge in [0.15, 0.2) is 0 Å². The van der Waals surface area contributed by atoms with E-state index in [0.29, 0.717) is 0 Å². The summed E-state index contributed by atoms with van der Waals surface area (Å²) in [5.41, 5.74) is 0. The first kappa shape index (κ1) is 24.7. The van der Waals surface area contributed by atoms with Crippen LogP contribution in [0.4, 0.5) is 0 Å². The Morgan fingerprint density at radius 1 is 0.333 bits per heavy atom. The SMILES string of the molecule is O.O.c1cc[c]([Sn]([CH2][CH2][Sn]([c]2ccccc2)[c]2ccccc2)[c]2ccccc2)cc1. The molecule has 4 heteroatoms. The van der Waals surface area contributed by atoms with Gasteiger partial charge < -0.3 is 11.0 Å². The molecule has 0 aromatic heterocycles. The first-order chi connectivity index (χ1) is 13.9. The predicted molar refractivity (Wildman–Crippen MR) is 133 cm³/mol. The van der Waals surface area contributed by atoms with E-state index in [-0.39, 0.29) is 11.0 Å². The fourth-order valence-corrected chi connectivity index (χ4v) is 26.7. The molecule has 0 fully saturated rings. The Balaban J connectivity index is 0.00000160. The van der Waals surface area contributed by atoms with E-state index in [4.69, 9.17) is 0 Å². The van der Waals surface area contributed by atoms with Gasteiger partial charge in [-0.15, -0.1) is 0 Å². The van der Waals surface area contributed by atoms with E-state index in [1.807, 2.05) is 0 Å². The van der Waals surface area contributed by atoms with Crippen LogP contribution in [0, 0.1) is 0 Å². The minimum absolute atomic E-state index is 0. The molecule has 4 rings (SSSR count). The van der Waals surface area contributed by atoms with Gasteiger partial charge in [-0.1, -0.05) is 0 Å². The third kappa shape index (κ3) is 6.45. The first-order valence-corrected chi connectivity index (χ1v) is 19.6. The zero-order chi connectivity index (χ0) is 19.0. The monoisotopic (exact) mass is 612 g/mol. The van der Waals surface area contributed by atoms with E-state index in [2.05, 4.69) is 121 Å². The second-order valence-corrected chi connectivity index (χ2v) is 21.8. The van der Waals surface area contributed by atoms with Crippen molar-refractivity contribution in [1.29, 1.82) is 0 Å². The fourth-order valence-electron chi connectivity index (χ4n) is 3.72. The van der Waals surface area contributed by atoms with Crippen molar-refractivity contribution in [2.75, 3.05) is 0 Å². The van der Waals surface area contributed by atoms with E-state index in [1.165, 1.54) is 8.87 Å². The van der Waals surface area contributed by atoms with Gasteiger partial charge in [-0.2, -0.15) is 0 Å².